The van der Waals surface area contributed by atoms with Gasteiger partial charge in [-0.2, -0.15) is 4.31 Å². The van der Waals surface area contributed by atoms with Gasteiger partial charge in [0, 0.05) is 13.0 Å². The lowest BCUT2D eigenvalue weighted by atomic mass is 10.2. The summed E-state index contributed by atoms with van der Waals surface area (Å²) in [7, 11) is -9.98. The molecule has 16 heavy (non-hydrogen) atoms. The average Bonchev–Trinajstić information content (AvgIpc) is 2.45. The van der Waals surface area contributed by atoms with Crippen molar-refractivity contribution in [2.45, 2.75) is 18.6 Å². The van der Waals surface area contributed by atoms with E-state index >= 15 is 0 Å². The lowest BCUT2D eigenvalue weighted by Crippen LogP contribution is -2.27. The molecule has 0 spiro atoms. The molecular formula is C5H12O9P2. The molecule has 0 aliphatic carbocycles. The molecule has 9 nitrogen and oxygen atoms in total. The van der Waals surface area contributed by atoms with Gasteiger partial charge in [0.1, 0.15) is 12.2 Å². The molecule has 4 N–H and O–H groups in total. The maximum atomic E-state index is 11.1. The maximum absolute atomic E-state index is 11.1. The number of aliphatic hydroxyl groups excluding tert-OH is 1. The Balaban J connectivity index is 2.58. The Morgan fingerprint density at radius 3 is 2.44 bits per heavy atom. The summed E-state index contributed by atoms with van der Waals surface area (Å²) < 4.78 is 34.5. The van der Waals surface area contributed by atoms with E-state index in [4.69, 9.17) is 24.5 Å². The highest BCUT2D eigenvalue weighted by Crippen LogP contribution is 2.58. The number of aliphatic hydroxyl groups is 1. The number of phosphoric acid groups is 2. The van der Waals surface area contributed by atoms with Crippen LogP contribution in [0.25, 0.3) is 0 Å². The molecular weight excluding hydrogens is 266 g/mol. The number of hydrogen-bond donors (Lipinski definition) is 4. The normalized spacial score (nSPS) is 30.2. The van der Waals surface area contributed by atoms with Crippen molar-refractivity contribution in [3.63, 3.8) is 0 Å². The SMILES string of the molecule is O=P(O)(O)OP(=O)(O)O[C@H]1CCO[C@@H]1CO. The molecule has 1 aliphatic heterocycles. The van der Waals surface area contributed by atoms with Crippen molar-refractivity contribution in [1.82, 2.24) is 0 Å². The van der Waals surface area contributed by atoms with Gasteiger partial charge in [0.15, 0.2) is 0 Å². The standard InChI is InChI=1S/C5H12O9P2/c6-3-5-4(1-2-12-5)13-16(10,11)14-15(7,8)9/h4-6H,1-3H2,(H,10,11)(H2,7,8,9)/t4-,5+/m0/s1. The van der Waals surface area contributed by atoms with Crippen LogP contribution < -0.4 is 0 Å². The van der Waals surface area contributed by atoms with Gasteiger partial charge >= 0.3 is 15.6 Å². The Morgan fingerprint density at radius 2 is 1.94 bits per heavy atom. The summed E-state index contributed by atoms with van der Waals surface area (Å²) in [6.45, 7) is -0.216. The molecule has 0 aromatic carbocycles. The van der Waals surface area contributed by atoms with Crippen LogP contribution >= 0.6 is 15.6 Å². The zero-order valence-corrected chi connectivity index (χ0v) is 9.79. The quantitative estimate of drug-likeness (QED) is 0.483. The predicted molar refractivity (Wildman–Crippen MR) is 49.3 cm³/mol. The summed E-state index contributed by atoms with van der Waals surface area (Å²) in [5.74, 6) is 0. The van der Waals surface area contributed by atoms with Crippen LogP contribution in [-0.2, 0) is 22.7 Å². The molecule has 0 aromatic heterocycles. The van der Waals surface area contributed by atoms with Gasteiger partial charge in [-0.25, -0.2) is 9.13 Å². The molecule has 1 unspecified atom stereocenters. The maximum Gasteiger partial charge on any atom is 0.481 e. The van der Waals surface area contributed by atoms with Crippen LogP contribution in [-0.4, -0.2) is 45.2 Å². The monoisotopic (exact) mass is 278 g/mol. The zero-order chi connectivity index (χ0) is 12.4. The molecule has 0 aromatic rings. The fraction of sp³-hybridized carbons (Fsp3) is 1.00. The first-order chi connectivity index (χ1) is 7.23. The Morgan fingerprint density at radius 1 is 1.31 bits per heavy atom. The van der Waals surface area contributed by atoms with Crippen molar-refractivity contribution < 1.29 is 42.5 Å². The van der Waals surface area contributed by atoms with E-state index in [1.807, 2.05) is 0 Å². The van der Waals surface area contributed by atoms with Crippen LogP contribution in [0, 0.1) is 0 Å². The number of rotatable bonds is 5. The molecule has 0 saturated carbocycles. The van der Waals surface area contributed by atoms with Crippen LogP contribution in [0.15, 0.2) is 0 Å². The second-order valence-electron chi connectivity index (χ2n) is 3.07. The first-order valence-corrected chi connectivity index (χ1v) is 7.26. The topological polar surface area (TPSA) is 143 Å². The summed E-state index contributed by atoms with van der Waals surface area (Å²) in [5, 5.41) is 8.80. The van der Waals surface area contributed by atoms with Crippen LogP contribution in [0.4, 0.5) is 0 Å². The third kappa shape index (κ3) is 4.58. The van der Waals surface area contributed by atoms with Gasteiger partial charge in [-0.3, -0.25) is 4.52 Å². The van der Waals surface area contributed by atoms with E-state index in [0.29, 0.717) is 0 Å². The highest BCUT2D eigenvalue weighted by Gasteiger charge is 2.39. The largest absolute Gasteiger partial charge is 0.481 e. The van der Waals surface area contributed by atoms with E-state index in [-0.39, 0.29) is 13.0 Å². The molecule has 0 amide bonds. The second kappa shape index (κ2) is 5.22. The predicted octanol–water partition coefficient (Wildman–Crippen LogP) is -0.638. The molecule has 1 saturated heterocycles. The Hall–Kier alpha value is 0.180. The van der Waals surface area contributed by atoms with Crippen LogP contribution in [0.2, 0.25) is 0 Å². The fourth-order valence-electron chi connectivity index (χ4n) is 1.24. The summed E-state index contributed by atoms with van der Waals surface area (Å²) >= 11 is 0. The van der Waals surface area contributed by atoms with Gasteiger partial charge in [0.05, 0.1) is 6.61 Å². The van der Waals surface area contributed by atoms with Crippen LogP contribution in [0.1, 0.15) is 6.42 Å². The van der Waals surface area contributed by atoms with Gasteiger partial charge in [-0.1, -0.05) is 0 Å². The fourth-order valence-corrected chi connectivity index (χ4v) is 3.06. The highest BCUT2D eigenvalue weighted by atomic mass is 31.3. The van der Waals surface area contributed by atoms with E-state index < -0.39 is 34.5 Å². The van der Waals surface area contributed by atoms with Crippen molar-refractivity contribution in [1.29, 1.82) is 0 Å². The Bertz CT molecular complexity index is 324. The van der Waals surface area contributed by atoms with Crippen molar-refractivity contribution in [2.24, 2.45) is 0 Å². The number of hydrogen-bond acceptors (Lipinski definition) is 6. The first kappa shape index (κ1) is 14.2. The minimum atomic E-state index is -5.11. The lowest BCUT2D eigenvalue weighted by Gasteiger charge is -2.19. The zero-order valence-electron chi connectivity index (χ0n) is 8.00. The van der Waals surface area contributed by atoms with Gasteiger partial charge in [-0.05, 0) is 0 Å². The van der Waals surface area contributed by atoms with Crippen molar-refractivity contribution >= 4 is 15.6 Å². The van der Waals surface area contributed by atoms with Crippen LogP contribution in [0.5, 0.6) is 0 Å². The molecule has 1 aliphatic rings. The third-order valence-electron chi connectivity index (χ3n) is 1.81. The summed E-state index contributed by atoms with van der Waals surface area (Å²) in [6.07, 6.45) is -1.52. The van der Waals surface area contributed by atoms with E-state index in [1.165, 1.54) is 0 Å². The molecule has 96 valence electrons. The second-order valence-corrected chi connectivity index (χ2v) is 5.85. The van der Waals surface area contributed by atoms with Gasteiger partial charge in [0.2, 0.25) is 0 Å². The van der Waals surface area contributed by atoms with Crippen molar-refractivity contribution in [3.8, 4) is 0 Å². The Kier molecular flexibility index (Phi) is 4.65. The molecule has 0 bridgehead atoms. The van der Waals surface area contributed by atoms with Crippen molar-refractivity contribution in [3.05, 3.63) is 0 Å². The summed E-state index contributed by atoms with van der Waals surface area (Å²) in [6, 6.07) is 0. The first-order valence-electron chi connectivity index (χ1n) is 4.24. The molecule has 11 heteroatoms. The smallest absolute Gasteiger partial charge is 0.394 e. The van der Waals surface area contributed by atoms with Crippen molar-refractivity contribution in [2.75, 3.05) is 13.2 Å². The number of ether oxygens (including phenoxy) is 1. The molecule has 0 radical (unpaired) electrons. The van der Waals surface area contributed by atoms with E-state index in [1.54, 1.807) is 0 Å². The highest BCUT2D eigenvalue weighted by molar-refractivity contribution is 7.60. The van der Waals surface area contributed by atoms with E-state index in [2.05, 4.69) is 8.83 Å². The molecule has 1 fully saturated rings. The minimum Gasteiger partial charge on any atom is -0.394 e. The summed E-state index contributed by atoms with van der Waals surface area (Å²) in [5.41, 5.74) is 0. The molecule has 1 rings (SSSR count). The third-order valence-corrected chi connectivity index (χ3v) is 4.02. The molecule has 1 heterocycles. The lowest BCUT2D eigenvalue weighted by molar-refractivity contribution is 0.00348. The van der Waals surface area contributed by atoms with Gasteiger partial charge in [0.25, 0.3) is 0 Å². The number of phosphoric ester groups is 1. The van der Waals surface area contributed by atoms with E-state index in [0.717, 1.165) is 0 Å². The average molecular weight is 278 g/mol. The Labute approximate surface area is 90.8 Å². The van der Waals surface area contributed by atoms with Crippen LogP contribution in [0.3, 0.4) is 0 Å². The van der Waals surface area contributed by atoms with Gasteiger partial charge in [-0.15, -0.1) is 0 Å². The van der Waals surface area contributed by atoms with Gasteiger partial charge < -0.3 is 24.5 Å². The summed E-state index contributed by atoms with van der Waals surface area (Å²) in [4.78, 5) is 25.7. The van der Waals surface area contributed by atoms with E-state index in [9.17, 15) is 9.13 Å². The minimum absolute atomic E-state index is 0.214. The molecule has 3 atom stereocenters.